The normalized spacial score (nSPS) is 11.8. The van der Waals surface area contributed by atoms with Gasteiger partial charge in [-0.3, -0.25) is 0 Å². The van der Waals surface area contributed by atoms with Crippen LogP contribution in [0.2, 0.25) is 0 Å². The SMILES string of the molecule is CCCCCCCCCC[N+](C)(CCCO)CCCCCCCCCC.Cc1ccc(S(=O)(=O)[O-])cc1. The molecule has 0 bridgehead atoms. The Morgan fingerprint density at radius 1 is 0.649 bits per heavy atom. The van der Waals surface area contributed by atoms with Gasteiger partial charge in [0.1, 0.15) is 10.1 Å². The number of unbranched alkanes of at least 4 members (excludes halogenated alkanes) is 14. The van der Waals surface area contributed by atoms with Gasteiger partial charge in [0.2, 0.25) is 0 Å². The molecule has 0 atom stereocenters. The Morgan fingerprint density at radius 3 is 1.35 bits per heavy atom. The van der Waals surface area contributed by atoms with Crippen LogP contribution in [0.15, 0.2) is 29.2 Å². The second kappa shape index (κ2) is 23.0. The molecule has 0 fully saturated rings. The molecule has 0 radical (unpaired) electrons. The molecule has 1 rings (SSSR count). The molecule has 1 aromatic carbocycles. The first-order valence-corrected chi connectivity index (χ1v) is 16.6. The fourth-order valence-electron chi connectivity index (χ4n) is 4.75. The third-order valence-corrected chi connectivity index (χ3v) is 8.12. The molecule has 0 aliphatic carbocycles. The molecule has 0 heterocycles. The Balaban J connectivity index is 0.000000970. The highest BCUT2D eigenvalue weighted by Gasteiger charge is 2.19. The summed E-state index contributed by atoms with van der Waals surface area (Å²) in [6, 6.07) is 5.78. The van der Waals surface area contributed by atoms with E-state index in [0.717, 1.165) is 18.5 Å². The Hall–Kier alpha value is -0.950. The lowest BCUT2D eigenvalue weighted by molar-refractivity contribution is -0.910. The minimum absolute atomic E-state index is 0.178. The Labute approximate surface area is 230 Å². The number of hydrogen-bond acceptors (Lipinski definition) is 4. The molecule has 1 N–H and O–H groups in total. The van der Waals surface area contributed by atoms with Crippen molar-refractivity contribution in [3.63, 3.8) is 0 Å². The summed E-state index contributed by atoms with van der Waals surface area (Å²) >= 11 is 0. The van der Waals surface area contributed by atoms with Crippen LogP contribution in [0.3, 0.4) is 0 Å². The molecule has 0 amide bonds. The molecule has 1 aromatic rings. The number of aliphatic hydroxyl groups excluding tert-OH is 1. The van der Waals surface area contributed by atoms with Crippen molar-refractivity contribution in [1.82, 2.24) is 0 Å². The lowest BCUT2D eigenvalue weighted by atomic mass is 10.1. The van der Waals surface area contributed by atoms with E-state index in [9.17, 15) is 18.1 Å². The van der Waals surface area contributed by atoms with Crippen LogP contribution in [0.5, 0.6) is 0 Å². The van der Waals surface area contributed by atoms with Crippen LogP contribution in [-0.2, 0) is 10.1 Å². The summed E-state index contributed by atoms with van der Waals surface area (Å²) in [6.45, 7) is 10.5. The van der Waals surface area contributed by atoms with Gasteiger partial charge in [-0.15, -0.1) is 0 Å². The first kappa shape index (κ1) is 36.0. The van der Waals surface area contributed by atoms with Crippen LogP contribution >= 0.6 is 0 Å². The molecule has 0 aromatic heterocycles. The standard InChI is InChI=1S/C24H52NO.C7H8O3S/c1-4-6-8-10-12-14-16-18-21-25(3,23-20-24-26)22-19-17-15-13-11-9-7-5-2;1-6-2-4-7(5-3-6)11(8,9)10/h26H,4-24H2,1-3H3;2-5H,1H3,(H,8,9,10)/q+1;/p-1. The molecule has 0 saturated carbocycles. The number of aliphatic hydroxyl groups is 1. The number of benzene rings is 1. The molecule has 0 spiro atoms. The molecular weight excluding hydrogens is 482 g/mol. The molecule has 0 saturated heterocycles. The summed E-state index contributed by atoms with van der Waals surface area (Å²) in [7, 11) is -1.84. The van der Waals surface area contributed by atoms with Gasteiger partial charge in [0, 0.05) is 13.0 Å². The molecule has 6 heteroatoms. The quantitative estimate of drug-likeness (QED) is 0.0916. The monoisotopic (exact) mass is 541 g/mol. The molecule has 0 unspecified atom stereocenters. The topological polar surface area (TPSA) is 77.4 Å². The third-order valence-electron chi connectivity index (χ3n) is 7.27. The van der Waals surface area contributed by atoms with Gasteiger partial charge in [0.25, 0.3) is 0 Å². The van der Waals surface area contributed by atoms with Crippen molar-refractivity contribution in [3.8, 4) is 0 Å². The average molecular weight is 542 g/mol. The number of nitrogens with zero attached hydrogens (tertiary/aromatic N) is 1. The van der Waals surface area contributed by atoms with Gasteiger partial charge in [-0.1, -0.05) is 109 Å². The molecular formula is C31H59NO4S. The van der Waals surface area contributed by atoms with Crippen molar-refractivity contribution in [2.75, 3.05) is 33.3 Å². The Kier molecular flexibility index (Phi) is 22.4. The van der Waals surface area contributed by atoms with Crippen molar-refractivity contribution in [1.29, 1.82) is 0 Å². The maximum Gasteiger partial charge on any atom is 0.124 e. The van der Waals surface area contributed by atoms with E-state index in [4.69, 9.17) is 0 Å². The Bertz CT molecular complexity index is 714. The van der Waals surface area contributed by atoms with Crippen LogP contribution in [0.1, 0.15) is 129 Å². The van der Waals surface area contributed by atoms with E-state index < -0.39 is 10.1 Å². The summed E-state index contributed by atoms with van der Waals surface area (Å²) < 4.78 is 32.4. The Morgan fingerprint density at radius 2 is 1.00 bits per heavy atom. The van der Waals surface area contributed by atoms with Gasteiger partial charge in [-0.2, -0.15) is 0 Å². The highest BCUT2D eigenvalue weighted by molar-refractivity contribution is 7.85. The predicted molar refractivity (Wildman–Crippen MR) is 157 cm³/mol. The fourth-order valence-corrected chi connectivity index (χ4v) is 5.22. The van der Waals surface area contributed by atoms with E-state index in [2.05, 4.69) is 20.9 Å². The predicted octanol–water partition coefficient (Wildman–Crippen LogP) is 8.00. The third kappa shape index (κ3) is 21.7. The summed E-state index contributed by atoms with van der Waals surface area (Å²) in [6.07, 6.45) is 23.4. The smallest absolute Gasteiger partial charge is 0.124 e. The summed E-state index contributed by atoms with van der Waals surface area (Å²) in [5, 5.41) is 9.24. The van der Waals surface area contributed by atoms with Gasteiger partial charge in [-0.05, 0) is 44.7 Å². The first-order valence-electron chi connectivity index (χ1n) is 15.2. The van der Waals surface area contributed by atoms with E-state index >= 15 is 0 Å². The maximum atomic E-state index is 10.4. The van der Waals surface area contributed by atoms with Crippen LogP contribution in [0.4, 0.5) is 0 Å². The minimum Gasteiger partial charge on any atom is -0.744 e. The first-order chi connectivity index (χ1) is 17.7. The van der Waals surface area contributed by atoms with Crippen LogP contribution < -0.4 is 0 Å². The number of rotatable bonds is 22. The van der Waals surface area contributed by atoms with E-state index in [1.807, 2.05) is 6.92 Å². The highest BCUT2D eigenvalue weighted by Crippen LogP contribution is 2.15. The second-order valence-corrected chi connectivity index (χ2v) is 12.5. The minimum atomic E-state index is -4.27. The molecule has 0 aliphatic heterocycles. The summed E-state index contributed by atoms with van der Waals surface area (Å²) in [4.78, 5) is -0.178. The van der Waals surface area contributed by atoms with Gasteiger partial charge in [0.15, 0.2) is 0 Å². The van der Waals surface area contributed by atoms with Crippen LogP contribution in [0.25, 0.3) is 0 Å². The molecule has 5 nitrogen and oxygen atoms in total. The van der Waals surface area contributed by atoms with Crippen molar-refractivity contribution < 1.29 is 22.6 Å². The summed E-state index contributed by atoms with van der Waals surface area (Å²) in [5.74, 6) is 0. The van der Waals surface area contributed by atoms with Crippen molar-refractivity contribution in [2.24, 2.45) is 0 Å². The van der Waals surface area contributed by atoms with Gasteiger partial charge >= 0.3 is 0 Å². The van der Waals surface area contributed by atoms with Crippen molar-refractivity contribution in [2.45, 2.75) is 135 Å². The lowest BCUT2D eigenvalue weighted by Crippen LogP contribution is -2.46. The van der Waals surface area contributed by atoms with Crippen LogP contribution in [0, 0.1) is 6.92 Å². The second-order valence-electron chi connectivity index (χ2n) is 11.1. The number of hydrogen-bond donors (Lipinski definition) is 1. The molecule has 0 aliphatic rings. The van der Waals surface area contributed by atoms with E-state index in [-0.39, 0.29) is 4.90 Å². The average Bonchev–Trinajstić information content (AvgIpc) is 2.86. The van der Waals surface area contributed by atoms with Crippen molar-refractivity contribution >= 4 is 10.1 Å². The lowest BCUT2D eigenvalue weighted by Gasteiger charge is -2.35. The van der Waals surface area contributed by atoms with Gasteiger partial charge in [-0.25, -0.2) is 8.42 Å². The fraction of sp³-hybridized carbons (Fsp3) is 0.806. The summed E-state index contributed by atoms with van der Waals surface area (Å²) in [5.41, 5.74) is 0.928. The maximum absolute atomic E-state index is 10.4. The number of aryl methyl sites for hydroxylation is 1. The largest absolute Gasteiger partial charge is 0.744 e. The zero-order chi connectivity index (χ0) is 27.8. The van der Waals surface area contributed by atoms with Gasteiger partial charge in [0.05, 0.1) is 31.6 Å². The van der Waals surface area contributed by atoms with Gasteiger partial charge < -0.3 is 14.1 Å². The van der Waals surface area contributed by atoms with Crippen LogP contribution in [-0.4, -0.2) is 55.8 Å². The van der Waals surface area contributed by atoms with Crippen molar-refractivity contribution in [3.05, 3.63) is 29.8 Å². The number of quaternary nitrogens is 1. The van der Waals surface area contributed by atoms with E-state index in [1.165, 1.54) is 132 Å². The van der Waals surface area contributed by atoms with E-state index in [0.29, 0.717) is 6.61 Å². The molecule has 218 valence electrons. The van der Waals surface area contributed by atoms with E-state index in [1.54, 1.807) is 12.1 Å². The zero-order valence-electron chi connectivity index (χ0n) is 24.7. The molecule has 37 heavy (non-hydrogen) atoms. The zero-order valence-corrected chi connectivity index (χ0v) is 25.5. The highest BCUT2D eigenvalue weighted by atomic mass is 32.2.